The molecule has 1 aromatic carbocycles. The highest BCUT2D eigenvalue weighted by molar-refractivity contribution is 6.00. The Hall–Kier alpha value is -2.37. The zero-order valence-corrected chi connectivity index (χ0v) is 13.2. The van der Waals surface area contributed by atoms with E-state index >= 15 is 0 Å². The molecule has 1 heterocycles. The fraction of sp³-hybridized carbons (Fsp3) is 0.333. The van der Waals surface area contributed by atoms with Crippen LogP contribution in [0.25, 0.3) is 16.5 Å². The number of benzene rings is 1. The Kier molecular flexibility index (Phi) is 4.30. The van der Waals surface area contributed by atoms with Gasteiger partial charge in [-0.15, -0.1) is 0 Å². The predicted octanol–water partition coefficient (Wildman–Crippen LogP) is 4.34. The minimum absolute atomic E-state index is 0.00220. The minimum Gasteiger partial charge on any atom is -0.355 e. The number of nitrogens with one attached hydrogen (secondary N) is 1. The molecule has 1 aromatic heterocycles. The molecule has 24 heavy (non-hydrogen) atoms. The van der Waals surface area contributed by atoms with Crippen molar-refractivity contribution in [3.8, 4) is 0 Å². The van der Waals surface area contributed by atoms with Crippen LogP contribution in [0, 0.1) is 5.92 Å². The summed E-state index contributed by atoms with van der Waals surface area (Å²) < 4.78 is 38.5. The summed E-state index contributed by atoms with van der Waals surface area (Å²) in [6, 6.07) is 7.28. The van der Waals surface area contributed by atoms with E-state index in [4.69, 9.17) is 0 Å². The number of aromatic nitrogens is 1. The zero-order valence-electron chi connectivity index (χ0n) is 13.2. The van der Waals surface area contributed by atoms with Crippen LogP contribution in [0.15, 0.2) is 36.5 Å². The number of pyridine rings is 1. The summed E-state index contributed by atoms with van der Waals surface area (Å²) in [6.07, 6.45) is -0.517. The number of fused-ring (bicyclic) bond motifs is 1. The van der Waals surface area contributed by atoms with Crippen LogP contribution in [-0.2, 0) is 0 Å². The highest BCUT2D eigenvalue weighted by Crippen LogP contribution is 2.40. The highest BCUT2D eigenvalue weighted by atomic mass is 19.4. The molecule has 1 N–H and O–H groups in total. The van der Waals surface area contributed by atoms with Crippen molar-refractivity contribution in [1.82, 2.24) is 10.3 Å². The molecule has 3 nitrogen and oxygen atoms in total. The Morgan fingerprint density at radius 3 is 2.75 bits per heavy atom. The van der Waals surface area contributed by atoms with Gasteiger partial charge < -0.3 is 5.32 Å². The van der Waals surface area contributed by atoms with Crippen molar-refractivity contribution >= 4 is 22.4 Å². The van der Waals surface area contributed by atoms with Crippen LogP contribution in [0.4, 0.5) is 13.2 Å². The molecule has 2 aromatic rings. The number of carbonyl (C=O) groups excluding carboxylic acids is 1. The van der Waals surface area contributed by atoms with Crippen LogP contribution >= 0.6 is 0 Å². The summed E-state index contributed by atoms with van der Waals surface area (Å²) in [4.78, 5) is 16.1. The van der Waals surface area contributed by atoms with Crippen molar-refractivity contribution in [3.05, 3.63) is 47.7 Å². The molecule has 1 amide bonds. The first-order valence-corrected chi connectivity index (χ1v) is 7.77. The van der Waals surface area contributed by atoms with Gasteiger partial charge in [0.2, 0.25) is 0 Å². The minimum atomic E-state index is -4.14. The second kappa shape index (κ2) is 6.26. The fourth-order valence-corrected chi connectivity index (χ4v) is 3.07. The van der Waals surface area contributed by atoms with Gasteiger partial charge in [0.1, 0.15) is 0 Å². The van der Waals surface area contributed by atoms with E-state index in [1.165, 1.54) is 6.20 Å². The number of alkyl halides is 3. The summed E-state index contributed by atoms with van der Waals surface area (Å²) >= 11 is 0. The molecule has 1 aliphatic carbocycles. The number of halogens is 3. The van der Waals surface area contributed by atoms with Gasteiger partial charge in [0.25, 0.3) is 5.91 Å². The second-order valence-corrected chi connectivity index (χ2v) is 5.92. The Morgan fingerprint density at radius 1 is 1.33 bits per heavy atom. The van der Waals surface area contributed by atoms with Crippen molar-refractivity contribution in [1.29, 1.82) is 0 Å². The van der Waals surface area contributed by atoms with E-state index in [1.807, 2.05) is 18.2 Å². The number of hydrogen-bond acceptors (Lipinski definition) is 2. The monoisotopic (exact) mass is 334 g/mol. The second-order valence-electron chi connectivity index (χ2n) is 5.92. The molecule has 0 saturated heterocycles. The van der Waals surface area contributed by atoms with Crippen LogP contribution in [0.2, 0.25) is 0 Å². The van der Waals surface area contributed by atoms with Crippen molar-refractivity contribution in [3.63, 3.8) is 0 Å². The highest BCUT2D eigenvalue weighted by Gasteiger charge is 2.39. The molecule has 0 spiro atoms. The van der Waals surface area contributed by atoms with Crippen LogP contribution in [0.1, 0.15) is 35.2 Å². The van der Waals surface area contributed by atoms with Crippen molar-refractivity contribution < 1.29 is 18.0 Å². The quantitative estimate of drug-likeness (QED) is 0.888. The molecule has 0 fully saturated rings. The third kappa shape index (κ3) is 3.13. The Morgan fingerprint density at radius 2 is 2.12 bits per heavy atom. The van der Waals surface area contributed by atoms with Crippen LogP contribution in [0.5, 0.6) is 0 Å². The molecule has 3 rings (SSSR count). The van der Waals surface area contributed by atoms with E-state index in [0.717, 1.165) is 22.0 Å². The van der Waals surface area contributed by atoms with Gasteiger partial charge in [-0.25, -0.2) is 0 Å². The van der Waals surface area contributed by atoms with E-state index in [9.17, 15) is 18.0 Å². The zero-order chi connectivity index (χ0) is 17.3. The van der Waals surface area contributed by atoms with Gasteiger partial charge in [-0.2, -0.15) is 13.2 Å². The van der Waals surface area contributed by atoms with Gasteiger partial charge in [0.15, 0.2) is 0 Å². The van der Waals surface area contributed by atoms with Gasteiger partial charge in [0, 0.05) is 18.6 Å². The normalized spacial score (nSPS) is 18.3. The molecule has 1 atom stereocenters. The van der Waals surface area contributed by atoms with Gasteiger partial charge in [0.05, 0.1) is 17.0 Å². The lowest BCUT2D eigenvalue weighted by Gasteiger charge is -2.24. The maximum atomic E-state index is 12.8. The lowest BCUT2D eigenvalue weighted by Crippen LogP contribution is -2.24. The van der Waals surface area contributed by atoms with Crippen molar-refractivity contribution in [2.24, 2.45) is 5.92 Å². The number of nitrogens with zero attached hydrogens (tertiary/aromatic N) is 1. The van der Waals surface area contributed by atoms with Crippen molar-refractivity contribution in [2.45, 2.75) is 25.4 Å². The van der Waals surface area contributed by atoms with Gasteiger partial charge in [-0.3, -0.25) is 9.78 Å². The lowest BCUT2D eigenvalue weighted by atomic mass is 9.85. The third-order valence-corrected chi connectivity index (χ3v) is 4.43. The number of rotatable bonds is 2. The predicted molar refractivity (Wildman–Crippen MR) is 86.5 cm³/mol. The fourth-order valence-electron chi connectivity index (χ4n) is 3.07. The number of hydrogen-bond donors (Lipinski definition) is 1. The maximum Gasteiger partial charge on any atom is 0.392 e. The molecule has 1 aliphatic rings. The summed E-state index contributed by atoms with van der Waals surface area (Å²) in [7, 11) is 1.54. The summed E-state index contributed by atoms with van der Waals surface area (Å²) in [6.45, 7) is 0. The molecule has 6 heteroatoms. The maximum absolute atomic E-state index is 12.8. The largest absolute Gasteiger partial charge is 0.392 e. The molecule has 126 valence electrons. The summed E-state index contributed by atoms with van der Waals surface area (Å²) in [5, 5.41) is 3.34. The third-order valence-electron chi connectivity index (χ3n) is 4.43. The number of allylic oxidation sites excluding steroid dienone is 2. The SMILES string of the molecule is CNC(=O)c1cnc2cccc(C3=CCC(C(F)(F)F)CC3)c2c1. The topological polar surface area (TPSA) is 42.0 Å². The van der Waals surface area contributed by atoms with Gasteiger partial charge >= 0.3 is 6.18 Å². The summed E-state index contributed by atoms with van der Waals surface area (Å²) in [5.74, 6) is -1.51. The smallest absolute Gasteiger partial charge is 0.355 e. The number of carbonyl (C=O) groups is 1. The Bertz CT molecular complexity index is 812. The summed E-state index contributed by atoms with van der Waals surface area (Å²) in [5.41, 5.74) is 2.89. The average molecular weight is 334 g/mol. The van der Waals surface area contributed by atoms with Gasteiger partial charge in [-0.05, 0) is 42.5 Å². The number of amides is 1. The Balaban J connectivity index is 2.01. The standard InChI is InChI=1S/C18H17F3N2O/c1-22-17(24)12-9-15-14(3-2-4-16(15)23-10-12)11-5-7-13(8-6-11)18(19,20)21/h2-5,9-10,13H,6-8H2,1H3,(H,22,24). The first kappa shape index (κ1) is 16.5. The van der Waals surface area contributed by atoms with Crippen LogP contribution in [0.3, 0.4) is 0 Å². The average Bonchev–Trinajstić information content (AvgIpc) is 2.59. The molecule has 0 saturated carbocycles. The molecule has 0 aliphatic heterocycles. The van der Waals surface area contributed by atoms with E-state index in [0.29, 0.717) is 12.0 Å². The molecule has 0 bridgehead atoms. The van der Waals surface area contributed by atoms with Crippen LogP contribution in [-0.4, -0.2) is 24.1 Å². The van der Waals surface area contributed by atoms with E-state index < -0.39 is 12.1 Å². The van der Waals surface area contributed by atoms with Crippen LogP contribution < -0.4 is 5.32 Å². The molecule has 1 unspecified atom stereocenters. The first-order valence-electron chi connectivity index (χ1n) is 7.77. The van der Waals surface area contributed by atoms with E-state index in [-0.39, 0.29) is 18.7 Å². The Labute approximate surface area is 137 Å². The first-order chi connectivity index (χ1) is 11.4. The van der Waals surface area contributed by atoms with E-state index in [1.54, 1.807) is 19.2 Å². The lowest BCUT2D eigenvalue weighted by molar-refractivity contribution is -0.175. The van der Waals surface area contributed by atoms with Gasteiger partial charge in [-0.1, -0.05) is 18.2 Å². The van der Waals surface area contributed by atoms with Crippen molar-refractivity contribution in [2.75, 3.05) is 7.05 Å². The molecular weight excluding hydrogens is 317 g/mol. The molecular formula is C18H17F3N2O. The van der Waals surface area contributed by atoms with E-state index in [2.05, 4.69) is 10.3 Å². The molecule has 0 radical (unpaired) electrons.